The van der Waals surface area contributed by atoms with Gasteiger partial charge in [-0.2, -0.15) is 0 Å². The monoisotopic (exact) mass is 291 g/mol. The fourth-order valence-electron chi connectivity index (χ4n) is 2.80. The van der Waals surface area contributed by atoms with Crippen molar-refractivity contribution in [3.05, 3.63) is 23.3 Å². The summed E-state index contributed by atoms with van der Waals surface area (Å²) in [6.07, 6.45) is 2.28. The van der Waals surface area contributed by atoms with Gasteiger partial charge in [-0.15, -0.1) is 0 Å². The Labute approximate surface area is 124 Å². The summed E-state index contributed by atoms with van der Waals surface area (Å²) in [4.78, 5) is 31.5. The molecule has 0 bridgehead atoms. The van der Waals surface area contributed by atoms with E-state index in [0.29, 0.717) is 32.2 Å². The molecule has 0 aliphatic heterocycles. The highest BCUT2D eigenvalue weighted by Crippen LogP contribution is 2.30. The number of hydrogen-bond donors (Lipinski definition) is 2. The van der Waals surface area contributed by atoms with Gasteiger partial charge in [0.15, 0.2) is 0 Å². The van der Waals surface area contributed by atoms with Gasteiger partial charge in [-0.1, -0.05) is 0 Å². The maximum Gasteiger partial charge on any atom is 0.306 e. The van der Waals surface area contributed by atoms with E-state index in [4.69, 9.17) is 5.11 Å². The summed E-state index contributed by atoms with van der Waals surface area (Å²) in [5.74, 6) is -0.672. The number of aryl methyl sites for hydroxylation is 2. The van der Waals surface area contributed by atoms with Gasteiger partial charge >= 0.3 is 5.97 Å². The molecule has 1 fully saturated rings. The Hall–Kier alpha value is -1.98. The molecule has 2 rings (SSSR count). The number of carboxylic acid groups (broad SMARTS) is 1. The molecular weight excluding hydrogens is 270 g/mol. The van der Waals surface area contributed by atoms with E-state index in [1.807, 2.05) is 19.9 Å². The molecule has 0 spiro atoms. The quantitative estimate of drug-likeness (QED) is 0.852. The molecule has 0 radical (unpaired) electrons. The van der Waals surface area contributed by atoms with Crippen LogP contribution in [0.15, 0.2) is 6.07 Å². The fourth-order valence-corrected chi connectivity index (χ4v) is 2.80. The molecule has 0 saturated heterocycles. The minimum atomic E-state index is -0.797. The van der Waals surface area contributed by atoms with Gasteiger partial charge in [-0.05, 0) is 39.2 Å². The summed E-state index contributed by atoms with van der Waals surface area (Å²) in [7, 11) is 0. The Morgan fingerprint density at radius 2 is 1.86 bits per heavy atom. The SMILES string of the molecule is Cc1cc(C)nc(CCNC(=O)[C@H]2CC[C@@H](C(=O)O)C2)n1. The van der Waals surface area contributed by atoms with E-state index in [-0.39, 0.29) is 17.7 Å². The van der Waals surface area contributed by atoms with Crippen LogP contribution in [0.5, 0.6) is 0 Å². The first kappa shape index (κ1) is 15.4. The maximum atomic E-state index is 12.0. The zero-order valence-electron chi connectivity index (χ0n) is 12.4. The first-order valence-electron chi connectivity index (χ1n) is 7.27. The lowest BCUT2D eigenvalue weighted by Gasteiger charge is -2.10. The lowest BCUT2D eigenvalue weighted by atomic mass is 10.0. The minimum absolute atomic E-state index is 0.0527. The number of nitrogens with zero attached hydrogens (tertiary/aromatic N) is 2. The van der Waals surface area contributed by atoms with Crippen LogP contribution in [-0.2, 0) is 16.0 Å². The number of amides is 1. The van der Waals surface area contributed by atoms with Crippen molar-refractivity contribution in [1.29, 1.82) is 0 Å². The van der Waals surface area contributed by atoms with Crippen molar-refractivity contribution in [3.63, 3.8) is 0 Å². The van der Waals surface area contributed by atoms with Crippen LogP contribution in [0.3, 0.4) is 0 Å². The Morgan fingerprint density at radius 1 is 1.24 bits per heavy atom. The smallest absolute Gasteiger partial charge is 0.306 e. The highest BCUT2D eigenvalue weighted by atomic mass is 16.4. The fraction of sp³-hybridized carbons (Fsp3) is 0.600. The van der Waals surface area contributed by atoms with E-state index in [9.17, 15) is 9.59 Å². The molecular formula is C15H21N3O3. The van der Waals surface area contributed by atoms with Gasteiger partial charge in [0.1, 0.15) is 5.82 Å². The maximum absolute atomic E-state index is 12.0. The van der Waals surface area contributed by atoms with Gasteiger partial charge in [0.2, 0.25) is 5.91 Å². The van der Waals surface area contributed by atoms with Crippen LogP contribution in [0.2, 0.25) is 0 Å². The van der Waals surface area contributed by atoms with Crippen molar-refractivity contribution in [1.82, 2.24) is 15.3 Å². The second kappa shape index (κ2) is 6.65. The van der Waals surface area contributed by atoms with Crippen molar-refractivity contribution in [2.75, 3.05) is 6.54 Å². The first-order valence-corrected chi connectivity index (χ1v) is 7.27. The Morgan fingerprint density at radius 3 is 2.43 bits per heavy atom. The predicted molar refractivity (Wildman–Crippen MR) is 76.7 cm³/mol. The second-order valence-corrected chi connectivity index (χ2v) is 5.65. The molecule has 6 nitrogen and oxygen atoms in total. The molecule has 1 amide bonds. The van der Waals surface area contributed by atoms with E-state index < -0.39 is 5.97 Å². The number of carbonyl (C=O) groups is 2. The molecule has 1 heterocycles. The van der Waals surface area contributed by atoms with Crippen LogP contribution < -0.4 is 5.32 Å². The lowest BCUT2D eigenvalue weighted by Crippen LogP contribution is -2.31. The van der Waals surface area contributed by atoms with E-state index in [1.54, 1.807) is 0 Å². The molecule has 114 valence electrons. The van der Waals surface area contributed by atoms with Gasteiger partial charge in [0.25, 0.3) is 0 Å². The van der Waals surface area contributed by atoms with Crippen LogP contribution in [-0.4, -0.2) is 33.5 Å². The van der Waals surface area contributed by atoms with E-state index in [0.717, 1.165) is 17.2 Å². The summed E-state index contributed by atoms with van der Waals surface area (Å²) in [6, 6.07) is 1.91. The molecule has 2 atom stereocenters. The van der Waals surface area contributed by atoms with Gasteiger partial charge in [0.05, 0.1) is 5.92 Å². The van der Waals surface area contributed by atoms with Gasteiger partial charge in [-0.25, -0.2) is 9.97 Å². The number of nitrogens with one attached hydrogen (secondary N) is 1. The summed E-state index contributed by atoms with van der Waals surface area (Å²) in [6.45, 7) is 4.32. The highest BCUT2D eigenvalue weighted by Gasteiger charge is 2.33. The van der Waals surface area contributed by atoms with Crippen LogP contribution in [0.1, 0.15) is 36.5 Å². The van der Waals surface area contributed by atoms with Crippen LogP contribution in [0.4, 0.5) is 0 Å². The number of carboxylic acids is 1. The third-order valence-corrected chi connectivity index (χ3v) is 3.83. The van der Waals surface area contributed by atoms with E-state index >= 15 is 0 Å². The van der Waals surface area contributed by atoms with E-state index in [2.05, 4.69) is 15.3 Å². The van der Waals surface area contributed by atoms with Gasteiger partial charge in [0, 0.05) is 30.3 Å². The molecule has 6 heteroatoms. The predicted octanol–water partition coefficient (Wildman–Crippen LogP) is 1.25. The summed E-state index contributed by atoms with van der Waals surface area (Å²) < 4.78 is 0. The molecule has 2 N–H and O–H groups in total. The molecule has 1 saturated carbocycles. The topological polar surface area (TPSA) is 92.2 Å². The van der Waals surface area contributed by atoms with Crippen molar-refractivity contribution >= 4 is 11.9 Å². The molecule has 1 aliphatic rings. The second-order valence-electron chi connectivity index (χ2n) is 5.65. The van der Waals surface area contributed by atoms with Crippen molar-refractivity contribution in [2.24, 2.45) is 11.8 Å². The van der Waals surface area contributed by atoms with Gasteiger partial charge < -0.3 is 10.4 Å². The normalized spacial score (nSPS) is 21.2. The molecule has 21 heavy (non-hydrogen) atoms. The number of rotatable bonds is 5. The summed E-state index contributed by atoms with van der Waals surface area (Å²) in [5.41, 5.74) is 1.84. The Bertz CT molecular complexity index is 525. The molecule has 0 aromatic carbocycles. The summed E-state index contributed by atoms with van der Waals surface area (Å²) in [5, 5.41) is 11.8. The first-order chi connectivity index (χ1) is 9.95. The van der Waals surface area contributed by atoms with E-state index in [1.165, 1.54) is 0 Å². The minimum Gasteiger partial charge on any atom is -0.481 e. The number of aliphatic carboxylic acids is 1. The zero-order chi connectivity index (χ0) is 15.4. The van der Waals surface area contributed by atoms with Crippen LogP contribution in [0, 0.1) is 25.7 Å². The standard InChI is InChI=1S/C15H21N3O3/c1-9-7-10(2)18-13(17-9)5-6-16-14(19)11-3-4-12(8-11)15(20)21/h7,11-12H,3-6,8H2,1-2H3,(H,16,19)(H,20,21)/t11-,12+/m0/s1. The molecule has 1 aromatic heterocycles. The Kier molecular flexibility index (Phi) is 4.88. The zero-order valence-corrected chi connectivity index (χ0v) is 12.4. The summed E-state index contributed by atoms with van der Waals surface area (Å²) >= 11 is 0. The van der Waals surface area contributed by atoms with Crippen molar-refractivity contribution in [3.8, 4) is 0 Å². The van der Waals surface area contributed by atoms with Crippen molar-refractivity contribution < 1.29 is 14.7 Å². The molecule has 1 aliphatic carbocycles. The third-order valence-electron chi connectivity index (χ3n) is 3.83. The lowest BCUT2D eigenvalue weighted by molar-refractivity contribution is -0.141. The molecule has 1 aromatic rings. The Balaban J connectivity index is 1.78. The van der Waals surface area contributed by atoms with Crippen molar-refractivity contribution in [2.45, 2.75) is 39.5 Å². The highest BCUT2D eigenvalue weighted by molar-refractivity contribution is 5.80. The van der Waals surface area contributed by atoms with Crippen LogP contribution in [0.25, 0.3) is 0 Å². The number of carbonyl (C=O) groups excluding carboxylic acids is 1. The molecule has 0 unspecified atom stereocenters. The average Bonchev–Trinajstić information content (AvgIpc) is 2.87. The largest absolute Gasteiger partial charge is 0.481 e. The third kappa shape index (κ3) is 4.24. The number of aromatic nitrogens is 2. The number of hydrogen-bond acceptors (Lipinski definition) is 4. The average molecular weight is 291 g/mol. The van der Waals surface area contributed by atoms with Gasteiger partial charge in [-0.3, -0.25) is 9.59 Å². The van der Waals surface area contributed by atoms with Crippen LogP contribution >= 0.6 is 0 Å².